The molecule has 0 saturated carbocycles. The minimum absolute atomic E-state index is 0.119. The summed E-state index contributed by atoms with van der Waals surface area (Å²) in [6.07, 6.45) is 2.39. The van der Waals surface area contributed by atoms with E-state index in [1.165, 1.54) is 0 Å². The van der Waals surface area contributed by atoms with Gasteiger partial charge < -0.3 is 14.8 Å². The van der Waals surface area contributed by atoms with Crippen LogP contribution in [0.5, 0.6) is 11.5 Å². The molecule has 144 valence electrons. The van der Waals surface area contributed by atoms with Gasteiger partial charge in [-0.05, 0) is 29.7 Å². The molecule has 28 heavy (non-hydrogen) atoms. The number of carbonyl (C=O) groups is 1. The van der Waals surface area contributed by atoms with Crippen molar-refractivity contribution >= 4 is 5.91 Å². The van der Waals surface area contributed by atoms with Crippen molar-refractivity contribution in [2.24, 2.45) is 0 Å². The predicted octanol–water partition coefficient (Wildman–Crippen LogP) is 3.20. The zero-order valence-corrected chi connectivity index (χ0v) is 15.9. The smallest absolute Gasteiger partial charge is 0.255 e. The summed E-state index contributed by atoms with van der Waals surface area (Å²) < 4.78 is 13.0. The van der Waals surface area contributed by atoms with E-state index in [1.54, 1.807) is 6.20 Å². The molecular weight excluding hydrogens is 354 g/mol. The fourth-order valence-electron chi connectivity index (χ4n) is 3.34. The molecule has 6 nitrogen and oxygen atoms in total. The highest BCUT2D eigenvalue weighted by Crippen LogP contribution is 2.30. The van der Waals surface area contributed by atoms with Gasteiger partial charge in [-0.3, -0.25) is 9.48 Å². The molecule has 0 spiro atoms. The molecule has 1 amide bonds. The number of rotatable bonds is 6. The molecule has 1 N–H and O–H groups in total. The lowest BCUT2D eigenvalue weighted by atomic mass is 10.1. The number of nitrogens with zero attached hydrogens (tertiary/aromatic N) is 2. The van der Waals surface area contributed by atoms with Gasteiger partial charge in [-0.2, -0.15) is 5.10 Å². The Labute approximate surface area is 164 Å². The monoisotopic (exact) mass is 377 g/mol. The maximum atomic E-state index is 12.7. The number of hydrogen-bond acceptors (Lipinski definition) is 4. The van der Waals surface area contributed by atoms with E-state index in [-0.39, 0.29) is 5.91 Å². The van der Waals surface area contributed by atoms with Crippen molar-refractivity contribution in [2.45, 2.75) is 26.4 Å². The van der Waals surface area contributed by atoms with Crippen LogP contribution in [0.3, 0.4) is 0 Å². The first-order valence-corrected chi connectivity index (χ1v) is 9.50. The fourth-order valence-corrected chi connectivity index (χ4v) is 3.34. The highest BCUT2D eigenvalue weighted by Gasteiger charge is 2.17. The quantitative estimate of drug-likeness (QED) is 0.716. The molecule has 1 aliphatic rings. The van der Waals surface area contributed by atoms with Crippen LogP contribution in [0.2, 0.25) is 0 Å². The SMILES string of the molecule is CCc1c(C(=O)NCc2ccc3c(c2)OCCO3)cnn1Cc1ccccc1. The third-order valence-corrected chi connectivity index (χ3v) is 4.76. The van der Waals surface area contributed by atoms with Gasteiger partial charge in [0, 0.05) is 6.54 Å². The number of hydrogen-bond donors (Lipinski definition) is 1. The Hall–Kier alpha value is -3.28. The molecule has 0 fully saturated rings. The number of amides is 1. The van der Waals surface area contributed by atoms with Crippen molar-refractivity contribution in [3.05, 3.63) is 77.1 Å². The highest BCUT2D eigenvalue weighted by molar-refractivity contribution is 5.95. The van der Waals surface area contributed by atoms with Gasteiger partial charge >= 0.3 is 0 Å². The second-order valence-corrected chi connectivity index (χ2v) is 6.66. The minimum Gasteiger partial charge on any atom is -0.486 e. The Kier molecular flexibility index (Phi) is 5.28. The van der Waals surface area contributed by atoms with Gasteiger partial charge in [0.1, 0.15) is 13.2 Å². The van der Waals surface area contributed by atoms with Crippen LogP contribution < -0.4 is 14.8 Å². The summed E-state index contributed by atoms with van der Waals surface area (Å²) in [5.41, 5.74) is 3.68. The number of carbonyl (C=O) groups excluding carboxylic acids is 1. The van der Waals surface area contributed by atoms with Crippen LogP contribution in [0, 0.1) is 0 Å². The van der Waals surface area contributed by atoms with E-state index in [4.69, 9.17) is 9.47 Å². The van der Waals surface area contributed by atoms with Crippen molar-refractivity contribution in [2.75, 3.05) is 13.2 Å². The standard InChI is InChI=1S/C22H23N3O3/c1-2-19-18(14-24-25(19)15-16-6-4-3-5-7-16)22(26)23-13-17-8-9-20-21(12-17)28-11-10-27-20/h3-9,12,14H,2,10-11,13,15H2,1H3,(H,23,26). The van der Waals surface area contributed by atoms with Crippen LogP contribution in [0.4, 0.5) is 0 Å². The molecule has 2 heterocycles. The highest BCUT2D eigenvalue weighted by atomic mass is 16.6. The Morgan fingerprint density at radius 2 is 1.86 bits per heavy atom. The zero-order chi connectivity index (χ0) is 19.3. The number of fused-ring (bicyclic) bond motifs is 1. The molecule has 6 heteroatoms. The molecule has 0 saturated heterocycles. The Morgan fingerprint density at radius 3 is 2.64 bits per heavy atom. The van der Waals surface area contributed by atoms with Crippen molar-refractivity contribution in [1.29, 1.82) is 0 Å². The summed E-state index contributed by atoms with van der Waals surface area (Å²) in [5.74, 6) is 1.35. The molecule has 3 aromatic rings. The van der Waals surface area contributed by atoms with Crippen molar-refractivity contribution < 1.29 is 14.3 Å². The molecule has 0 radical (unpaired) electrons. The van der Waals surface area contributed by atoms with Crippen LogP contribution in [-0.4, -0.2) is 28.9 Å². The largest absolute Gasteiger partial charge is 0.486 e. The molecule has 2 aromatic carbocycles. The van der Waals surface area contributed by atoms with Crippen LogP contribution in [0.1, 0.15) is 34.1 Å². The normalized spacial score (nSPS) is 12.6. The number of nitrogens with one attached hydrogen (secondary N) is 1. The molecule has 4 rings (SSSR count). The third kappa shape index (κ3) is 3.86. The number of ether oxygens (including phenoxy) is 2. The summed E-state index contributed by atoms with van der Waals surface area (Å²) in [6, 6.07) is 15.8. The van der Waals surface area contributed by atoms with Crippen LogP contribution in [0.25, 0.3) is 0 Å². The van der Waals surface area contributed by atoms with E-state index >= 15 is 0 Å². The fraction of sp³-hybridized carbons (Fsp3) is 0.273. The Bertz CT molecular complexity index is 966. The van der Waals surface area contributed by atoms with Crippen molar-refractivity contribution in [1.82, 2.24) is 15.1 Å². The first-order valence-electron chi connectivity index (χ1n) is 9.50. The maximum Gasteiger partial charge on any atom is 0.255 e. The number of benzene rings is 2. The van der Waals surface area contributed by atoms with Gasteiger partial charge in [-0.1, -0.05) is 43.3 Å². The average molecular weight is 377 g/mol. The minimum atomic E-state index is -0.119. The molecule has 1 aromatic heterocycles. The van der Waals surface area contributed by atoms with Gasteiger partial charge in [0.2, 0.25) is 0 Å². The third-order valence-electron chi connectivity index (χ3n) is 4.76. The molecule has 0 aliphatic carbocycles. The number of aromatic nitrogens is 2. The van der Waals surface area contributed by atoms with E-state index in [0.717, 1.165) is 34.7 Å². The molecular formula is C22H23N3O3. The summed E-state index contributed by atoms with van der Waals surface area (Å²) in [7, 11) is 0. The molecule has 0 bridgehead atoms. The van der Waals surface area contributed by atoms with E-state index in [0.29, 0.717) is 31.9 Å². The maximum absolute atomic E-state index is 12.7. The van der Waals surface area contributed by atoms with E-state index in [9.17, 15) is 4.79 Å². The summed E-state index contributed by atoms with van der Waals surface area (Å²) in [4.78, 5) is 12.7. The average Bonchev–Trinajstić information content (AvgIpc) is 3.15. The molecule has 1 aliphatic heterocycles. The van der Waals surface area contributed by atoms with Crippen molar-refractivity contribution in [3.8, 4) is 11.5 Å². The second kappa shape index (κ2) is 8.17. The topological polar surface area (TPSA) is 65.4 Å². The Balaban J connectivity index is 1.45. The Morgan fingerprint density at radius 1 is 1.07 bits per heavy atom. The van der Waals surface area contributed by atoms with E-state index < -0.39 is 0 Å². The van der Waals surface area contributed by atoms with Gasteiger partial charge in [0.25, 0.3) is 5.91 Å². The summed E-state index contributed by atoms with van der Waals surface area (Å²) >= 11 is 0. The zero-order valence-electron chi connectivity index (χ0n) is 15.9. The van der Waals surface area contributed by atoms with Crippen molar-refractivity contribution in [3.63, 3.8) is 0 Å². The van der Waals surface area contributed by atoms with Gasteiger partial charge in [0.05, 0.1) is 24.0 Å². The summed E-state index contributed by atoms with van der Waals surface area (Å²) in [6.45, 7) is 4.22. The lowest BCUT2D eigenvalue weighted by Gasteiger charge is -2.19. The van der Waals surface area contributed by atoms with E-state index in [2.05, 4.69) is 22.5 Å². The summed E-state index contributed by atoms with van der Waals surface area (Å²) in [5, 5.41) is 7.42. The van der Waals surface area contributed by atoms with Gasteiger partial charge in [-0.25, -0.2) is 0 Å². The molecule has 0 atom stereocenters. The molecule has 0 unspecified atom stereocenters. The van der Waals surface area contributed by atoms with Crippen LogP contribution >= 0.6 is 0 Å². The van der Waals surface area contributed by atoms with Gasteiger partial charge in [0.15, 0.2) is 11.5 Å². The van der Waals surface area contributed by atoms with Crippen LogP contribution in [-0.2, 0) is 19.5 Å². The lowest BCUT2D eigenvalue weighted by Crippen LogP contribution is -2.24. The second-order valence-electron chi connectivity index (χ2n) is 6.66. The van der Waals surface area contributed by atoms with Gasteiger partial charge in [-0.15, -0.1) is 0 Å². The first-order chi connectivity index (χ1) is 13.7. The first kappa shape index (κ1) is 18.1. The lowest BCUT2D eigenvalue weighted by molar-refractivity contribution is 0.0949. The van der Waals surface area contributed by atoms with E-state index in [1.807, 2.05) is 48.0 Å². The van der Waals surface area contributed by atoms with Crippen LogP contribution in [0.15, 0.2) is 54.7 Å². The predicted molar refractivity (Wildman–Crippen MR) is 106 cm³/mol.